The highest BCUT2D eigenvalue weighted by atomic mass is 19.1. The summed E-state index contributed by atoms with van der Waals surface area (Å²) in [6.07, 6.45) is 2.65. The van der Waals surface area contributed by atoms with E-state index in [-0.39, 0.29) is 29.8 Å². The summed E-state index contributed by atoms with van der Waals surface area (Å²) in [5.74, 6) is 0.0638. The fourth-order valence-electron chi connectivity index (χ4n) is 3.65. The van der Waals surface area contributed by atoms with Crippen molar-refractivity contribution in [2.24, 2.45) is 0 Å². The third-order valence-corrected chi connectivity index (χ3v) is 5.10. The molecule has 3 rings (SSSR count). The second-order valence-corrected chi connectivity index (χ2v) is 6.93. The summed E-state index contributed by atoms with van der Waals surface area (Å²) in [6, 6.07) is 6.77. The third kappa shape index (κ3) is 3.95. The van der Waals surface area contributed by atoms with E-state index in [1.807, 2.05) is 24.0 Å². The minimum atomic E-state index is -0.455. The standard InChI is InChI=1S/C19H26FNO3/c1-13-10-16(15-5-7-17(20)8-6-15)11-21(13)19(22)14(2)24-12-18-4-3-9-23-18/h5-8,13-14,16,18H,3-4,9-12H2,1-2H3. The van der Waals surface area contributed by atoms with Crippen molar-refractivity contribution in [1.82, 2.24) is 4.90 Å². The number of hydrogen-bond donors (Lipinski definition) is 0. The first-order chi connectivity index (χ1) is 11.5. The van der Waals surface area contributed by atoms with Crippen molar-refractivity contribution in [3.63, 3.8) is 0 Å². The molecule has 2 aliphatic rings. The van der Waals surface area contributed by atoms with E-state index in [9.17, 15) is 9.18 Å². The van der Waals surface area contributed by atoms with Crippen molar-refractivity contribution in [2.45, 2.75) is 57.3 Å². The highest BCUT2D eigenvalue weighted by Gasteiger charge is 2.35. The first kappa shape index (κ1) is 17.4. The molecule has 0 aromatic heterocycles. The molecular weight excluding hydrogens is 309 g/mol. The number of ether oxygens (including phenoxy) is 2. The summed E-state index contributed by atoms with van der Waals surface area (Å²) in [7, 11) is 0. The van der Waals surface area contributed by atoms with Crippen LogP contribution >= 0.6 is 0 Å². The van der Waals surface area contributed by atoms with Crippen LogP contribution in [0.15, 0.2) is 24.3 Å². The highest BCUT2D eigenvalue weighted by molar-refractivity contribution is 5.81. The maximum atomic E-state index is 13.1. The van der Waals surface area contributed by atoms with Gasteiger partial charge in [0.05, 0.1) is 12.7 Å². The Morgan fingerprint density at radius 1 is 1.42 bits per heavy atom. The molecule has 2 heterocycles. The van der Waals surface area contributed by atoms with E-state index in [1.54, 1.807) is 0 Å². The van der Waals surface area contributed by atoms with Gasteiger partial charge in [0, 0.05) is 25.1 Å². The summed E-state index contributed by atoms with van der Waals surface area (Å²) < 4.78 is 24.4. The second-order valence-electron chi connectivity index (χ2n) is 6.93. The first-order valence-electron chi connectivity index (χ1n) is 8.83. The zero-order valence-electron chi connectivity index (χ0n) is 14.4. The number of benzene rings is 1. The van der Waals surface area contributed by atoms with Crippen molar-refractivity contribution in [2.75, 3.05) is 19.8 Å². The SMILES string of the molecule is CC(OCC1CCCO1)C(=O)N1CC(c2ccc(F)cc2)CC1C. The highest BCUT2D eigenvalue weighted by Crippen LogP contribution is 2.32. The lowest BCUT2D eigenvalue weighted by Crippen LogP contribution is -2.41. The molecule has 1 aromatic carbocycles. The van der Waals surface area contributed by atoms with E-state index in [0.29, 0.717) is 13.2 Å². The number of nitrogens with zero attached hydrogens (tertiary/aromatic N) is 1. The summed E-state index contributed by atoms with van der Waals surface area (Å²) in [5, 5.41) is 0. The molecule has 2 fully saturated rings. The molecule has 0 aliphatic carbocycles. The molecule has 0 saturated carbocycles. The summed E-state index contributed by atoms with van der Waals surface area (Å²) in [6.45, 7) is 5.82. The maximum Gasteiger partial charge on any atom is 0.251 e. The molecule has 0 spiro atoms. The lowest BCUT2D eigenvalue weighted by molar-refractivity contribution is -0.145. The van der Waals surface area contributed by atoms with Gasteiger partial charge in [0.1, 0.15) is 11.9 Å². The van der Waals surface area contributed by atoms with Gasteiger partial charge in [0.15, 0.2) is 0 Å². The normalized spacial score (nSPS) is 28.3. The predicted octanol–water partition coefficient (Wildman–Crippen LogP) is 3.11. The lowest BCUT2D eigenvalue weighted by atomic mass is 9.97. The molecule has 0 N–H and O–H groups in total. The molecular formula is C19H26FNO3. The average molecular weight is 335 g/mol. The largest absolute Gasteiger partial charge is 0.376 e. The molecule has 4 nitrogen and oxygen atoms in total. The zero-order chi connectivity index (χ0) is 17.1. The van der Waals surface area contributed by atoms with Crippen LogP contribution in [0.5, 0.6) is 0 Å². The number of amides is 1. The van der Waals surface area contributed by atoms with Crippen molar-refractivity contribution >= 4 is 5.91 Å². The Morgan fingerprint density at radius 2 is 2.17 bits per heavy atom. The molecule has 2 saturated heterocycles. The second kappa shape index (κ2) is 7.62. The Morgan fingerprint density at radius 3 is 2.83 bits per heavy atom. The van der Waals surface area contributed by atoms with Gasteiger partial charge in [-0.1, -0.05) is 12.1 Å². The van der Waals surface area contributed by atoms with Crippen molar-refractivity contribution in [3.8, 4) is 0 Å². The molecule has 2 aliphatic heterocycles. The number of carbonyl (C=O) groups is 1. The molecule has 4 atom stereocenters. The Labute approximate surface area is 142 Å². The Bertz CT molecular complexity index is 556. The van der Waals surface area contributed by atoms with Gasteiger partial charge in [-0.25, -0.2) is 4.39 Å². The van der Waals surface area contributed by atoms with Crippen molar-refractivity contribution < 1.29 is 18.7 Å². The fourth-order valence-corrected chi connectivity index (χ4v) is 3.65. The number of likely N-dealkylation sites (tertiary alicyclic amines) is 1. The first-order valence-corrected chi connectivity index (χ1v) is 8.83. The molecule has 24 heavy (non-hydrogen) atoms. The third-order valence-electron chi connectivity index (χ3n) is 5.10. The molecule has 0 radical (unpaired) electrons. The molecule has 5 heteroatoms. The Balaban J connectivity index is 1.55. The number of carbonyl (C=O) groups excluding carboxylic acids is 1. The molecule has 4 unspecified atom stereocenters. The number of hydrogen-bond acceptors (Lipinski definition) is 3. The minimum absolute atomic E-state index is 0.0325. The maximum absolute atomic E-state index is 13.1. The zero-order valence-corrected chi connectivity index (χ0v) is 14.4. The fraction of sp³-hybridized carbons (Fsp3) is 0.632. The van der Waals surface area contributed by atoms with Crippen LogP contribution < -0.4 is 0 Å². The van der Waals surface area contributed by atoms with Gasteiger partial charge in [-0.2, -0.15) is 0 Å². The van der Waals surface area contributed by atoms with Crippen LogP contribution in [0.3, 0.4) is 0 Å². The van der Waals surface area contributed by atoms with Gasteiger partial charge < -0.3 is 14.4 Å². The summed E-state index contributed by atoms with van der Waals surface area (Å²) in [4.78, 5) is 14.6. The van der Waals surface area contributed by atoms with Crippen LogP contribution in [-0.4, -0.2) is 48.8 Å². The Hall–Kier alpha value is -1.46. The van der Waals surface area contributed by atoms with Crippen molar-refractivity contribution in [3.05, 3.63) is 35.6 Å². The quantitative estimate of drug-likeness (QED) is 0.830. The predicted molar refractivity (Wildman–Crippen MR) is 89.3 cm³/mol. The van der Waals surface area contributed by atoms with Crippen molar-refractivity contribution in [1.29, 1.82) is 0 Å². The number of rotatable bonds is 5. The van der Waals surface area contributed by atoms with E-state index in [0.717, 1.165) is 31.4 Å². The smallest absolute Gasteiger partial charge is 0.251 e. The summed E-state index contributed by atoms with van der Waals surface area (Å²) >= 11 is 0. The topological polar surface area (TPSA) is 38.8 Å². The average Bonchev–Trinajstić information content (AvgIpc) is 3.22. The van der Waals surface area contributed by atoms with Gasteiger partial charge in [0.25, 0.3) is 5.91 Å². The van der Waals surface area contributed by atoms with E-state index < -0.39 is 6.10 Å². The molecule has 0 bridgehead atoms. The van der Waals surface area contributed by atoms with Crippen LogP contribution in [0.1, 0.15) is 44.6 Å². The van der Waals surface area contributed by atoms with Gasteiger partial charge in [-0.05, 0) is 50.8 Å². The van der Waals surface area contributed by atoms with Crippen LogP contribution in [0.4, 0.5) is 4.39 Å². The van der Waals surface area contributed by atoms with Crippen LogP contribution in [0.2, 0.25) is 0 Å². The monoisotopic (exact) mass is 335 g/mol. The lowest BCUT2D eigenvalue weighted by Gasteiger charge is -2.25. The minimum Gasteiger partial charge on any atom is -0.376 e. The molecule has 132 valence electrons. The Kier molecular flexibility index (Phi) is 5.51. The molecule has 1 aromatic rings. The van der Waals surface area contributed by atoms with Crippen LogP contribution in [-0.2, 0) is 14.3 Å². The van der Waals surface area contributed by atoms with Crippen LogP contribution in [0.25, 0.3) is 0 Å². The van der Waals surface area contributed by atoms with Crippen LogP contribution in [0, 0.1) is 5.82 Å². The van der Waals surface area contributed by atoms with E-state index in [1.165, 1.54) is 12.1 Å². The van der Waals surface area contributed by atoms with E-state index in [4.69, 9.17) is 9.47 Å². The number of halogens is 1. The van der Waals surface area contributed by atoms with Gasteiger partial charge in [-0.3, -0.25) is 4.79 Å². The molecule has 1 amide bonds. The van der Waals surface area contributed by atoms with Gasteiger partial charge in [-0.15, -0.1) is 0 Å². The summed E-state index contributed by atoms with van der Waals surface area (Å²) in [5.41, 5.74) is 1.09. The van der Waals surface area contributed by atoms with Gasteiger partial charge >= 0.3 is 0 Å². The van der Waals surface area contributed by atoms with Gasteiger partial charge in [0.2, 0.25) is 0 Å². The van der Waals surface area contributed by atoms with E-state index in [2.05, 4.69) is 6.92 Å². The van der Waals surface area contributed by atoms with E-state index >= 15 is 0 Å².